The monoisotopic (exact) mass is 396 g/mol. The summed E-state index contributed by atoms with van der Waals surface area (Å²) in [4.78, 5) is 22.4. The summed E-state index contributed by atoms with van der Waals surface area (Å²) in [5.74, 6) is 0.169. The average Bonchev–Trinajstić information content (AvgIpc) is 2.81. The summed E-state index contributed by atoms with van der Waals surface area (Å²) in [5, 5.41) is 6.76. The summed E-state index contributed by atoms with van der Waals surface area (Å²) >= 11 is 0. The Morgan fingerprint density at radius 3 is 2.03 bits per heavy atom. The van der Waals surface area contributed by atoms with E-state index in [2.05, 4.69) is 54.6 Å². The second-order valence-corrected chi connectivity index (χ2v) is 8.20. The molecule has 144 valence electrons. The van der Waals surface area contributed by atoms with Gasteiger partial charge in [0.05, 0.1) is 22.1 Å². The molecule has 6 aromatic rings. The van der Waals surface area contributed by atoms with Gasteiger partial charge in [-0.25, -0.2) is 9.97 Å². The van der Waals surface area contributed by atoms with E-state index in [1.54, 1.807) is 0 Å². The molecule has 1 aromatic heterocycles. The van der Waals surface area contributed by atoms with Gasteiger partial charge in [0.25, 0.3) is 0 Å². The van der Waals surface area contributed by atoms with Gasteiger partial charge in [-0.15, -0.1) is 0 Å². The zero-order chi connectivity index (χ0) is 20.5. The van der Waals surface area contributed by atoms with Gasteiger partial charge in [-0.05, 0) is 63.5 Å². The van der Waals surface area contributed by atoms with Crippen molar-refractivity contribution in [3.63, 3.8) is 0 Å². The zero-order valence-electron chi connectivity index (χ0n) is 16.6. The van der Waals surface area contributed by atoms with Gasteiger partial charge in [-0.2, -0.15) is 0 Å². The molecule has 3 heteroatoms. The fourth-order valence-electron chi connectivity index (χ4n) is 4.79. The molecule has 1 aliphatic rings. The minimum absolute atomic E-state index is 0.169. The van der Waals surface area contributed by atoms with Gasteiger partial charge < -0.3 is 0 Å². The second kappa shape index (κ2) is 5.96. The fraction of sp³-hybridized carbons (Fsp3) is 0.0357. The lowest BCUT2D eigenvalue weighted by atomic mass is 9.92. The number of ketones is 1. The minimum atomic E-state index is 0.169. The highest BCUT2D eigenvalue weighted by Gasteiger charge is 2.16. The highest BCUT2D eigenvalue weighted by Crippen LogP contribution is 2.33. The molecule has 0 N–H and O–H groups in total. The van der Waals surface area contributed by atoms with E-state index in [1.165, 1.54) is 16.2 Å². The predicted molar refractivity (Wildman–Crippen MR) is 128 cm³/mol. The lowest BCUT2D eigenvalue weighted by molar-refractivity contribution is 0.0994. The first kappa shape index (κ1) is 16.7. The maximum absolute atomic E-state index is 12.3. The summed E-state index contributed by atoms with van der Waals surface area (Å²) in [6.45, 7) is 0. The molecule has 0 radical (unpaired) electrons. The minimum Gasteiger partial charge on any atom is -0.294 e. The Morgan fingerprint density at radius 1 is 0.645 bits per heavy atom. The van der Waals surface area contributed by atoms with E-state index in [0.717, 1.165) is 49.4 Å². The van der Waals surface area contributed by atoms with Crippen LogP contribution >= 0.6 is 0 Å². The predicted octanol–water partition coefficient (Wildman–Crippen LogP) is 6.84. The number of rotatable bonds is 0. The van der Waals surface area contributed by atoms with E-state index < -0.39 is 0 Å². The number of nitrogens with zero attached hydrogens (tertiary/aromatic N) is 2. The van der Waals surface area contributed by atoms with Gasteiger partial charge in [0.2, 0.25) is 0 Å². The normalized spacial score (nSPS) is 13.6. The molecule has 0 spiro atoms. The number of hydrogen-bond donors (Lipinski definition) is 0. The maximum Gasteiger partial charge on any atom is 0.167 e. The number of carbonyl (C=O) groups excluding carboxylic acids is 1. The van der Waals surface area contributed by atoms with Crippen molar-refractivity contribution in [3.05, 3.63) is 90.0 Å². The van der Waals surface area contributed by atoms with Gasteiger partial charge in [0, 0.05) is 22.8 Å². The van der Waals surface area contributed by atoms with Crippen LogP contribution in [-0.4, -0.2) is 15.8 Å². The van der Waals surface area contributed by atoms with E-state index in [-0.39, 0.29) is 5.78 Å². The molecule has 7 rings (SSSR count). The number of benzene rings is 5. The lowest BCUT2D eigenvalue weighted by Crippen LogP contribution is -2.04. The number of hydrogen-bond acceptors (Lipinski definition) is 3. The van der Waals surface area contributed by atoms with E-state index >= 15 is 0 Å². The number of allylic oxidation sites excluding steroid dienone is 1. The zero-order valence-corrected chi connectivity index (χ0v) is 16.6. The third kappa shape index (κ3) is 2.37. The Balaban J connectivity index is 1.58. The molecule has 3 nitrogen and oxygen atoms in total. The highest BCUT2D eigenvalue weighted by atomic mass is 16.1. The Bertz CT molecular complexity index is 1780. The third-order valence-electron chi connectivity index (χ3n) is 6.34. The first-order chi connectivity index (χ1) is 15.2. The molecular formula is C28H16N2O. The molecule has 1 heterocycles. The second-order valence-electron chi connectivity index (χ2n) is 8.20. The van der Waals surface area contributed by atoms with Gasteiger partial charge in [0.15, 0.2) is 5.78 Å². The van der Waals surface area contributed by atoms with Crippen LogP contribution in [0.15, 0.2) is 78.9 Å². The summed E-state index contributed by atoms with van der Waals surface area (Å²) in [6, 6.07) is 25.1. The number of Topliss-reactive ketones (excluding diaryl/α,β-unsaturated/α-hetero) is 1. The SMILES string of the molecule is O=C1CC=Cc2cc3c(ccc4nc5c(ccc6cc7ccccc7cc65)nc43)cc21. The topological polar surface area (TPSA) is 42.9 Å². The molecule has 1 aliphatic carbocycles. The fourth-order valence-corrected chi connectivity index (χ4v) is 4.79. The van der Waals surface area contributed by atoms with Crippen molar-refractivity contribution in [2.45, 2.75) is 6.42 Å². The van der Waals surface area contributed by atoms with E-state index in [0.29, 0.717) is 6.42 Å². The van der Waals surface area contributed by atoms with Crippen LogP contribution in [0.25, 0.3) is 60.5 Å². The Kier molecular flexibility index (Phi) is 3.20. The first-order valence-electron chi connectivity index (χ1n) is 10.4. The van der Waals surface area contributed by atoms with Crippen molar-refractivity contribution >= 4 is 66.2 Å². The van der Waals surface area contributed by atoms with Crippen LogP contribution in [0.5, 0.6) is 0 Å². The van der Waals surface area contributed by atoms with Gasteiger partial charge >= 0.3 is 0 Å². The van der Waals surface area contributed by atoms with E-state index in [1.807, 2.05) is 30.4 Å². The van der Waals surface area contributed by atoms with E-state index in [9.17, 15) is 4.79 Å². The summed E-state index contributed by atoms with van der Waals surface area (Å²) in [7, 11) is 0. The molecule has 0 saturated carbocycles. The summed E-state index contributed by atoms with van der Waals surface area (Å²) in [6.07, 6.45) is 4.43. The molecule has 0 aliphatic heterocycles. The third-order valence-corrected chi connectivity index (χ3v) is 6.34. The first-order valence-corrected chi connectivity index (χ1v) is 10.4. The van der Waals surface area contributed by atoms with Crippen LogP contribution in [0.1, 0.15) is 22.3 Å². The molecule has 0 unspecified atom stereocenters. The lowest BCUT2D eigenvalue weighted by Gasteiger charge is -2.13. The van der Waals surface area contributed by atoms with Crippen LogP contribution < -0.4 is 0 Å². The van der Waals surface area contributed by atoms with Crippen molar-refractivity contribution in [1.29, 1.82) is 0 Å². The van der Waals surface area contributed by atoms with Gasteiger partial charge in [-0.3, -0.25) is 4.79 Å². The summed E-state index contributed by atoms with van der Waals surface area (Å²) < 4.78 is 0. The summed E-state index contributed by atoms with van der Waals surface area (Å²) in [5.41, 5.74) is 5.30. The molecular weight excluding hydrogens is 380 g/mol. The van der Waals surface area contributed by atoms with Crippen molar-refractivity contribution < 1.29 is 4.79 Å². The molecule has 0 bridgehead atoms. The molecule has 0 fully saturated rings. The quantitative estimate of drug-likeness (QED) is 0.208. The number of fused-ring (bicyclic) bond motifs is 8. The Morgan fingerprint density at radius 2 is 1.29 bits per heavy atom. The Hall–Kier alpha value is -4.11. The number of carbonyl (C=O) groups is 1. The van der Waals surface area contributed by atoms with Crippen molar-refractivity contribution in [2.75, 3.05) is 0 Å². The standard InChI is InChI=1S/C28H16N2O/c31-26-7-3-6-18-15-23-20(14-21(18)26)9-11-25-28(23)30-24-10-8-19-12-16-4-1-2-5-17(16)13-22(19)27(24)29-25/h1-6,8-15H,7H2. The van der Waals surface area contributed by atoms with E-state index in [4.69, 9.17) is 9.97 Å². The largest absolute Gasteiger partial charge is 0.294 e. The van der Waals surface area contributed by atoms with Crippen molar-refractivity contribution in [3.8, 4) is 0 Å². The van der Waals surface area contributed by atoms with Crippen LogP contribution in [0, 0.1) is 0 Å². The van der Waals surface area contributed by atoms with Crippen LogP contribution in [-0.2, 0) is 0 Å². The molecule has 0 saturated heterocycles. The van der Waals surface area contributed by atoms with Crippen molar-refractivity contribution in [2.24, 2.45) is 0 Å². The number of aromatic nitrogens is 2. The highest BCUT2D eigenvalue weighted by molar-refractivity contribution is 6.15. The molecule has 5 aromatic carbocycles. The van der Waals surface area contributed by atoms with Crippen LogP contribution in [0.4, 0.5) is 0 Å². The van der Waals surface area contributed by atoms with Crippen LogP contribution in [0.2, 0.25) is 0 Å². The molecule has 0 amide bonds. The maximum atomic E-state index is 12.3. The average molecular weight is 396 g/mol. The molecule has 0 atom stereocenters. The smallest absolute Gasteiger partial charge is 0.167 e. The van der Waals surface area contributed by atoms with Gasteiger partial charge in [-0.1, -0.05) is 48.6 Å². The van der Waals surface area contributed by atoms with Gasteiger partial charge in [0.1, 0.15) is 0 Å². The Labute approximate surface area is 177 Å². The van der Waals surface area contributed by atoms with Crippen molar-refractivity contribution in [1.82, 2.24) is 9.97 Å². The molecule has 31 heavy (non-hydrogen) atoms. The van der Waals surface area contributed by atoms with Crippen LogP contribution in [0.3, 0.4) is 0 Å².